The highest BCUT2D eigenvalue weighted by Gasteiger charge is 2.04. The molecule has 0 N–H and O–H groups in total. The number of nitrogens with zero attached hydrogens (tertiary/aromatic N) is 1. The lowest BCUT2D eigenvalue weighted by atomic mass is 10.3. The van der Waals surface area contributed by atoms with Crippen molar-refractivity contribution in [2.24, 2.45) is 0 Å². The first-order valence-electron chi connectivity index (χ1n) is 4.55. The number of hydrogen-bond acceptors (Lipinski definition) is 2. The SMILES string of the molecule is C#CCOc1ccc(N(C)C(C)=O)cc1. The molecular formula is C12H13NO2. The third-order valence-electron chi connectivity index (χ3n) is 2.02. The fraction of sp³-hybridized carbons (Fsp3) is 0.250. The number of ether oxygens (including phenoxy) is 1. The van der Waals surface area contributed by atoms with Crippen LogP contribution in [-0.4, -0.2) is 19.6 Å². The molecule has 0 unspecified atom stereocenters. The van der Waals surface area contributed by atoms with Crippen molar-refractivity contribution in [2.75, 3.05) is 18.6 Å². The van der Waals surface area contributed by atoms with E-state index in [0.717, 1.165) is 5.69 Å². The minimum atomic E-state index is -0.00714. The van der Waals surface area contributed by atoms with E-state index >= 15 is 0 Å². The molecule has 0 saturated heterocycles. The van der Waals surface area contributed by atoms with Gasteiger partial charge in [-0.25, -0.2) is 0 Å². The van der Waals surface area contributed by atoms with Crippen LogP contribution in [0.2, 0.25) is 0 Å². The Hall–Kier alpha value is -1.95. The molecule has 3 nitrogen and oxygen atoms in total. The Labute approximate surface area is 89.7 Å². The second-order valence-corrected chi connectivity index (χ2v) is 3.06. The predicted molar refractivity (Wildman–Crippen MR) is 59.9 cm³/mol. The zero-order chi connectivity index (χ0) is 11.3. The minimum Gasteiger partial charge on any atom is -0.481 e. The van der Waals surface area contributed by atoms with Crippen molar-refractivity contribution < 1.29 is 9.53 Å². The molecule has 1 rings (SSSR count). The largest absolute Gasteiger partial charge is 0.481 e. The zero-order valence-corrected chi connectivity index (χ0v) is 8.86. The molecule has 0 aliphatic carbocycles. The van der Waals surface area contributed by atoms with Gasteiger partial charge in [-0.05, 0) is 24.3 Å². The van der Waals surface area contributed by atoms with Gasteiger partial charge in [-0.1, -0.05) is 5.92 Å². The summed E-state index contributed by atoms with van der Waals surface area (Å²) in [7, 11) is 1.72. The van der Waals surface area contributed by atoms with Gasteiger partial charge in [-0.3, -0.25) is 4.79 Å². The van der Waals surface area contributed by atoms with Gasteiger partial charge in [0.25, 0.3) is 0 Å². The Morgan fingerprint density at radius 1 is 1.47 bits per heavy atom. The van der Waals surface area contributed by atoms with Crippen LogP contribution in [0, 0.1) is 12.3 Å². The van der Waals surface area contributed by atoms with Crippen LogP contribution in [0.5, 0.6) is 5.75 Å². The van der Waals surface area contributed by atoms with E-state index in [0.29, 0.717) is 5.75 Å². The maximum Gasteiger partial charge on any atom is 0.223 e. The van der Waals surface area contributed by atoms with Gasteiger partial charge >= 0.3 is 0 Å². The summed E-state index contributed by atoms with van der Waals surface area (Å²) in [5.74, 6) is 3.08. The number of carbonyl (C=O) groups excluding carboxylic acids is 1. The average molecular weight is 203 g/mol. The lowest BCUT2D eigenvalue weighted by Gasteiger charge is -2.15. The van der Waals surface area contributed by atoms with Crippen LogP contribution >= 0.6 is 0 Å². The minimum absolute atomic E-state index is 0.00714. The highest BCUT2D eigenvalue weighted by molar-refractivity contribution is 5.90. The number of anilines is 1. The molecule has 1 amide bonds. The maximum absolute atomic E-state index is 11.1. The molecule has 0 heterocycles. The Bertz CT molecular complexity index is 376. The maximum atomic E-state index is 11.1. The number of carbonyl (C=O) groups is 1. The van der Waals surface area contributed by atoms with Crippen LogP contribution in [0.15, 0.2) is 24.3 Å². The topological polar surface area (TPSA) is 29.5 Å². The molecule has 0 saturated carbocycles. The van der Waals surface area contributed by atoms with E-state index in [-0.39, 0.29) is 12.5 Å². The number of terminal acetylenes is 1. The van der Waals surface area contributed by atoms with E-state index in [1.165, 1.54) is 6.92 Å². The second kappa shape index (κ2) is 5.06. The molecule has 0 spiro atoms. The quantitative estimate of drug-likeness (QED) is 0.699. The van der Waals surface area contributed by atoms with E-state index in [4.69, 9.17) is 11.2 Å². The van der Waals surface area contributed by atoms with Gasteiger partial charge in [-0.2, -0.15) is 0 Å². The Kier molecular flexibility index (Phi) is 3.75. The number of amides is 1. The summed E-state index contributed by atoms with van der Waals surface area (Å²) < 4.78 is 5.21. The van der Waals surface area contributed by atoms with Crippen molar-refractivity contribution in [1.82, 2.24) is 0 Å². The number of rotatable bonds is 3. The normalized spacial score (nSPS) is 9.13. The first-order chi connectivity index (χ1) is 7.15. The molecule has 0 aromatic heterocycles. The summed E-state index contributed by atoms with van der Waals surface area (Å²) >= 11 is 0. The van der Waals surface area contributed by atoms with Gasteiger partial charge < -0.3 is 9.64 Å². The summed E-state index contributed by atoms with van der Waals surface area (Å²) in [6, 6.07) is 7.19. The summed E-state index contributed by atoms with van der Waals surface area (Å²) in [4.78, 5) is 12.6. The van der Waals surface area contributed by atoms with Crippen LogP contribution in [0.1, 0.15) is 6.92 Å². The number of benzene rings is 1. The van der Waals surface area contributed by atoms with Gasteiger partial charge in [0, 0.05) is 19.7 Å². The van der Waals surface area contributed by atoms with Gasteiger partial charge in [-0.15, -0.1) is 6.42 Å². The van der Waals surface area contributed by atoms with Crippen molar-refractivity contribution >= 4 is 11.6 Å². The monoisotopic (exact) mass is 203 g/mol. The van der Waals surface area contributed by atoms with Crippen LogP contribution in [0.4, 0.5) is 5.69 Å². The van der Waals surface area contributed by atoms with Gasteiger partial charge in [0.05, 0.1) is 0 Å². The molecule has 0 aliphatic heterocycles. The third kappa shape index (κ3) is 3.03. The smallest absolute Gasteiger partial charge is 0.223 e. The van der Waals surface area contributed by atoms with Crippen molar-refractivity contribution in [3.05, 3.63) is 24.3 Å². The van der Waals surface area contributed by atoms with Crippen molar-refractivity contribution in [3.8, 4) is 18.1 Å². The van der Waals surface area contributed by atoms with E-state index in [1.54, 1.807) is 24.1 Å². The molecule has 78 valence electrons. The van der Waals surface area contributed by atoms with E-state index in [1.807, 2.05) is 12.1 Å². The average Bonchev–Trinajstić information content (AvgIpc) is 2.26. The molecule has 0 bridgehead atoms. The molecule has 0 fully saturated rings. The lowest BCUT2D eigenvalue weighted by molar-refractivity contribution is -0.116. The van der Waals surface area contributed by atoms with Crippen LogP contribution in [0.25, 0.3) is 0 Å². The lowest BCUT2D eigenvalue weighted by Crippen LogP contribution is -2.22. The first-order valence-corrected chi connectivity index (χ1v) is 4.55. The molecule has 15 heavy (non-hydrogen) atoms. The molecular weight excluding hydrogens is 190 g/mol. The Morgan fingerprint density at radius 3 is 2.53 bits per heavy atom. The molecule has 1 aromatic carbocycles. The summed E-state index contributed by atoms with van der Waals surface area (Å²) in [6.45, 7) is 1.77. The zero-order valence-electron chi connectivity index (χ0n) is 8.86. The van der Waals surface area contributed by atoms with Gasteiger partial charge in [0.1, 0.15) is 12.4 Å². The van der Waals surface area contributed by atoms with Crippen molar-refractivity contribution in [1.29, 1.82) is 0 Å². The summed E-state index contributed by atoms with van der Waals surface area (Å²) in [6.07, 6.45) is 5.07. The highest BCUT2D eigenvalue weighted by atomic mass is 16.5. The molecule has 0 aliphatic rings. The Balaban J connectivity index is 2.72. The van der Waals surface area contributed by atoms with Crippen LogP contribution in [-0.2, 0) is 4.79 Å². The highest BCUT2D eigenvalue weighted by Crippen LogP contribution is 2.18. The second-order valence-electron chi connectivity index (χ2n) is 3.06. The Morgan fingerprint density at radius 2 is 2.07 bits per heavy atom. The van der Waals surface area contributed by atoms with Crippen LogP contribution < -0.4 is 9.64 Å². The van der Waals surface area contributed by atoms with Gasteiger partial charge in [0.2, 0.25) is 5.91 Å². The molecule has 0 radical (unpaired) electrons. The summed E-state index contributed by atoms with van der Waals surface area (Å²) in [5, 5.41) is 0. The molecule has 3 heteroatoms. The summed E-state index contributed by atoms with van der Waals surface area (Å²) in [5.41, 5.74) is 0.829. The fourth-order valence-corrected chi connectivity index (χ4v) is 1.07. The molecule has 0 atom stereocenters. The van der Waals surface area contributed by atoms with Crippen molar-refractivity contribution in [2.45, 2.75) is 6.92 Å². The van der Waals surface area contributed by atoms with E-state index in [9.17, 15) is 4.79 Å². The predicted octanol–water partition coefficient (Wildman–Crippen LogP) is 1.68. The van der Waals surface area contributed by atoms with E-state index in [2.05, 4.69) is 5.92 Å². The molecule has 1 aromatic rings. The first kappa shape index (κ1) is 11.1. The van der Waals surface area contributed by atoms with Crippen molar-refractivity contribution in [3.63, 3.8) is 0 Å². The van der Waals surface area contributed by atoms with Gasteiger partial charge in [0.15, 0.2) is 0 Å². The van der Waals surface area contributed by atoms with Crippen LogP contribution in [0.3, 0.4) is 0 Å². The number of hydrogen-bond donors (Lipinski definition) is 0. The van der Waals surface area contributed by atoms with E-state index < -0.39 is 0 Å². The standard InChI is InChI=1S/C12H13NO2/c1-4-9-15-12-7-5-11(6-8-12)13(3)10(2)14/h1,5-8H,9H2,2-3H3. The fourth-order valence-electron chi connectivity index (χ4n) is 1.07. The third-order valence-corrected chi connectivity index (χ3v) is 2.02.